The number of likely N-dealkylation sites (tertiary alicyclic amines) is 1. The third-order valence-electron chi connectivity index (χ3n) is 3.78. The first kappa shape index (κ1) is 32.1. The zero-order valence-corrected chi connectivity index (χ0v) is 23.2. The Kier molecular flexibility index (Phi) is 11.4. The molecule has 1 radical (unpaired) electrons. The van der Waals surface area contributed by atoms with Gasteiger partial charge in [-0.1, -0.05) is 0 Å². The number of rotatable bonds is 0. The third-order valence-corrected chi connectivity index (χ3v) is 3.78. The molecule has 4 aliphatic rings. The SMILES string of the molecule is CN1C(=O)C2(C(=O)[N-]C2=O)C1=O.O=C1[N-]C(=O)C12C(=O)[N-]C2=O.[CH3-].[CH3-].[W].[Y+3].[Y]. The Balaban J connectivity index is -0.000000380. The molecule has 2 spiro atoms. The normalized spacial score (nSPS) is 20.8. The maximum atomic E-state index is 11.0. The van der Waals surface area contributed by atoms with Crippen molar-refractivity contribution in [3.05, 3.63) is 30.8 Å². The molecule has 0 unspecified atom stereocenters. The fraction of sp³-hybridized carbons (Fsp3) is 0.231. The van der Waals surface area contributed by atoms with Gasteiger partial charge in [-0.25, -0.2) is 0 Å². The Morgan fingerprint density at radius 1 is 0.607 bits per heavy atom. The number of nitrogens with zero attached hydrogens (tertiary/aromatic N) is 4. The molecule has 12 nitrogen and oxygen atoms in total. The van der Waals surface area contributed by atoms with Crippen LogP contribution in [-0.2, 0) is 125 Å². The molecule has 0 aromatic carbocycles. The van der Waals surface area contributed by atoms with Gasteiger partial charge in [0.05, 0.1) is 35.4 Å². The van der Waals surface area contributed by atoms with Crippen LogP contribution in [0.5, 0.6) is 0 Å². The zero-order chi connectivity index (χ0) is 17.3. The van der Waals surface area contributed by atoms with Crippen molar-refractivity contribution in [2.24, 2.45) is 10.8 Å². The second kappa shape index (κ2) is 9.98. The maximum absolute atomic E-state index is 11.0. The standard InChI is InChI=1S/C6H4N2O4.C5H2N2O4.2CH3.W.2Y/c1-8-4(11)6(5(8)12)2(9)7-3(6)10;8-1-5(2(9)6-1)3(10)7-4(5)11;;;;;/h1H3,(H,7,9,10);(H2,6,7,8,9,10,11);2*1H3;;;/q;;2*-1;;;+3/p-3. The first-order valence-corrected chi connectivity index (χ1v) is 5.87. The first-order chi connectivity index (χ1) is 10.6. The molecule has 4 rings (SSSR count). The van der Waals surface area contributed by atoms with Crippen LogP contribution in [0.3, 0.4) is 0 Å². The molecule has 0 atom stereocenters. The second-order valence-electron chi connectivity index (χ2n) is 4.84. The summed E-state index contributed by atoms with van der Waals surface area (Å²) < 4.78 is 0. The van der Waals surface area contributed by atoms with E-state index in [0.717, 1.165) is 4.90 Å². The minimum atomic E-state index is -2.11. The van der Waals surface area contributed by atoms with Crippen LogP contribution in [-0.4, -0.2) is 59.2 Å². The fourth-order valence-electron chi connectivity index (χ4n) is 2.26. The molecule has 0 N–H and O–H groups in total. The molecule has 4 fully saturated rings. The van der Waals surface area contributed by atoms with Crippen molar-refractivity contribution in [3.8, 4) is 0 Å². The third kappa shape index (κ3) is 3.35. The Labute approximate surface area is 223 Å². The van der Waals surface area contributed by atoms with Crippen LogP contribution in [0.1, 0.15) is 0 Å². The van der Waals surface area contributed by atoms with Gasteiger partial charge >= 0.3 is 32.7 Å². The molecular formula is C13H9N4O8WY2-2. The van der Waals surface area contributed by atoms with E-state index < -0.39 is 58.1 Å². The molecule has 4 heterocycles. The van der Waals surface area contributed by atoms with Crippen LogP contribution in [0, 0.1) is 25.7 Å². The monoisotopic (exact) mass is 711 g/mol. The van der Waals surface area contributed by atoms with Crippen molar-refractivity contribution in [2.75, 3.05) is 7.05 Å². The molecule has 15 heteroatoms. The number of hydrogen-bond acceptors (Lipinski definition) is 8. The van der Waals surface area contributed by atoms with E-state index in [4.69, 9.17) is 0 Å². The van der Waals surface area contributed by atoms with E-state index in [9.17, 15) is 38.4 Å². The number of amides is 8. The molecule has 0 aromatic rings. The van der Waals surface area contributed by atoms with E-state index in [0.29, 0.717) is 0 Å². The van der Waals surface area contributed by atoms with Crippen LogP contribution >= 0.6 is 0 Å². The van der Waals surface area contributed by atoms with Crippen molar-refractivity contribution < 1.29 is 125 Å². The van der Waals surface area contributed by atoms with E-state index in [1.807, 2.05) is 0 Å². The first-order valence-electron chi connectivity index (χ1n) is 5.87. The van der Waals surface area contributed by atoms with Crippen molar-refractivity contribution in [3.63, 3.8) is 0 Å². The molecule has 0 saturated carbocycles. The van der Waals surface area contributed by atoms with Gasteiger partial charge in [0.2, 0.25) is 5.41 Å². The molecule has 8 amide bonds. The molecule has 28 heavy (non-hydrogen) atoms. The Bertz CT molecular complexity index is 719. The fourth-order valence-corrected chi connectivity index (χ4v) is 2.26. The van der Waals surface area contributed by atoms with Gasteiger partial charge in [-0.15, -0.1) is 0 Å². The minimum Gasteiger partial charge on any atom is -0.593 e. The summed E-state index contributed by atoms with van der Waals surface area (Å²) in [4.78, 5) is 86.6. The van der Waals surface area contributed by atoms with E-state index in [2.05, 4.69) is 16.0 Å². The van der Waals surface area contributed by atoms with Gasteiger partial charge in [0.25, 0.3) is 11.8 Å². The summed E-state index contributed by atoms with van der Waals surface area (Å²) in [6, 6.07) is 0. The predicted octanol–water partition coefficient (Wildman–Crippen LogP) is -1.84. The summed E-state index contributed by atoms with van der Waals surface area (Å²) in [5.74, 6) is -7.31. The Morgan fingerprint density at radius 3 is 0.929 bits per heavy atom. The van der Waals surface area contributed by atoms with Crippen LogP contribution in [0.15, 0.2) is 0 Å². The number of carbonyl (C=O) groups excluding carboxylic acids is 8. The average molecular weight is 711 g/mol. The van der Waals surface area contributed by atoms with E-state index >= 15 is 0 Å². The van der Waals surface area contributed by atoms with Crippen molar-refractivity contribution in [2.45, 2.75) is 0 Å². The molecule has 4 saturated heterocycles. The van der Waals surface area contributed by atoms with E-state index in [1.165, 1.54) is 7.05 Å². The van der Waals surface area contributed by atoms with Crippen LogP contribution in [0.4, 0.5) is 0 Å². The Morgan fingerprint density at radius 2 is 0.821 bits per heavy atom. The summed E-state index contributed by atoms with van der Waals surface area (Å²) in [7, 11) is 1.22. The maximum Gasteiger partial charge on any atom is 3.00 e. The van der Waals surface area contributed by atoms with Crippen molar-refractivity contribution >= 4 is 47.3 Å². The molecule has 0 aromatic heterocycles. The zero-order valence-electron chi connectivity index (χ0n) is 14.6. The topological polar surface area (TPSA) is 182 Å². The van der Waals surface area contributed by atoms with Gasteiger partial charge in [0.1, 0.15) is 5.41 Å². The summed E-state index contributed by atoms with van der Waals surface area (Å²) in [5.41, 5.74) is -4.16. The number of imide groups is 4. The number of carbonyl (C=O) groups is 8. The van der Waals surface area contributed by atoms with Crippen LogP contribution < -0.4 is 0 Å². The summed E-state index contributed by atoms with van der Waals surface area (Å²) in [5, 5.41) is 8.52. The van der Waals surface area contributed by atoms with Crippen molar-refractivity contribution in [1.82, 2.24) is 4.90 Å². The van der Waals surface area contributed by atoms with Crippen molar-refractivity contribution in [1.29, 1.82) is 0 Å². The average Bonchev–Trinajstić information content (AvgIpc) is 2.47. The van der Waals surface area contributed by atoms with Gasteiger partial charge < -0.3 is 59.6 Å². The van der Waals surface area contributed by atoms with Gasteiger partial charge in [0.15, 0.2) is 0 Å². The largest absolute Gasteiger partial charge is 3.00 e. The summed E-state index contributed by atoms with van der Waals surface area (Å²) >= 11 is 0. The molecular weight excluding hydrogens is 702 g/mol. The van der Waals surface area contributed by atoms with Gasteiger partial charge in [-0.2, -0.15) is 0 Å². The molecule has 0 bridgehead atoms. The molecule has 0 aliphatic carbocycles. The number of hydrogen-bond donors (Lipinski definition) is 0. The molecule has 143 valence electrons. The Hall–Kier alpha value is -0.544. The van der Waals surface area contributed by atoms with E-state index in [1.54, 1.807) is 0 Å². The van der Waals surface area contributed by atoms with Gasteiger partial charge in [0, 0.05) is 60.8 Å². The molecule has 4 aliphatic heterocycles. The van der Waals surface area contributed by atoms with Crippen LogP contribution in [0.25, 0.3) is 16.0 Å². The van der Waals surface area contributed by atoms with Gasteiger partial charge in [-0.05, 0) is 0 Å². The minimum absolute atomic E-state index is 0. The quantitative estimate of drug-likeness (QED) is 0.160. The smallest absolute Gasteiger partial charge is 0.593 e. The summed E-state index contributed by atoms with van der Waals surface area (Å²) in [6.45, 7) is 0. The second-order valence-corrected chi connectivity index (χ2v) is 4.84. The summed E-state index contributed by atoms with van der Waals surface area (Å²) in [6.07, 6.45) is 0. The predicted molar refractivity (Wildman–Crippen MR) is 75.6 cm³/mol. The number of β-lactam (4-membered cyclic amide) rings is 8. The van der Waals surface area contributed by atoms with E-state index in [-0.39, 0.29) is 101 Å². The van der Waals surface area contributed by atoms with Gasteiger partial charge in [-0.3, -0.25) is 14.5 Å². The van der Waals surface area contributed by atoms with Crippen LogP contribution in [0.2, 0.25) is 0 Å².